The van der Waals surface area contributed by atoms with Crippen LogP contribution in [0.1, 0.15) is 119 Å². The molecule has 6 nitrogen and oxygen atoms in total. The van der Waals surface area contributed by atoms with E-state index in [0.717, 1.165) is 56.6 Å². The first-order chi connectivity index (χ1) is 16.8. The molecule has 5 rings (SSSR count). The third kappa shape index (κ3) is 6.02. The van der Waals surface area contributed by atoms with E-state index >= 15 is 0 Å². The van der Waals surface area contributed by atoms with Gasteiger partial charge in [0.2, 0.25) is 5.91 Å². The zero-order valence-electron chi connectivity index (χ0n) is 22.1. The number of aromatic amines is 1. The Balaban J connectivity index is 1.34. The maximum atomic E-state index is 13.2. The van der Waals surface area contributed by atoms with Crippen molar-refractivity contribution in [3.63, 3.8) is 0 Å². The Bertz CT molecular complexity index is 919. The Labute approximate surface area is 211 Å². The van der Waals surface area contributed by atoms with Crippen LogP contribution in [-0.4, -0.2) is 46.7 Å². The van der Waals surface area contributed by atoms with Gasteiger partial charge < -0.3 is 15.6 Å². The van der Waals surface area contributed by atoms with Gasteiger partial charge in [0.25, 0.3) is 0 Å². The molecule has 2 saturated carbocycles. The summed E-state index contributed by atoms with van der Waals surface area (Å²) in [6.07, 6.45) is 16.9. The average Bonchev–Trinajstić information content (AvgIpc) is 3.60. The number of carbonyl (C=O) groups excluding carboxylic acids is 2. The van der Waals surface area contributed by atoms with Gasteiger partial charge in [-0.2, -0.15) is 0 Å². The molecule has 6 heteroatoms. The number of likely N-dealkylation sites (tertiary alicyclic amines) is 1. The van der Waals surface area contributed by atoms with Crippen LogP contribution in [0.25, 0.3) is 0 Å². The van der Waals surface area contributed by atoms with E-state index in [1.165, 1.54) is 69.9 Å². The van der Waals surface area contributed by atoms with Crippen LogP contribution in [-0.2, 0) is 17.8 Å². The summed E-state index contributed by atoms with van der Waals surface area (Å²) < 4.78 is 0. The first-order valence-electron chi connectivity index (χ1n) is 14.4. The number of hydrogen-bond donors (Lipinski definition) is 3. The Kier molecular flexibility index (Phi) is 7.41. The van der Waals surface area contributed by atoms with E-state index in [4.69, 9.17) is 0 Å². The minimum absolute atomic E-state index is 0.00771. The topological polar surface area (TPSA) is 77.2 Å². The molecule has 1 aromatic heterocycles. The fourth-order valence-electron chi connectivity index (χ4n) is 6.84. The molecule has 1 saturated heterocycles. The fraction of sp³-hybridized carbons (Fsp3) is 0.793. The highest BCUT2D eigenvalue weighted by Gasteiger charge is 2.40. The molecular formula is C29H46N4O2. The molecule has 0 radical (unpaired) electrons. The number of nitrogens with zero attached hydrogens (tertiary/aromatic N) is 1. The molecule has 1 aromatic rings. The highest BCUT2D eigenvalue weighted by atomic mass is 16.2. The second-order valence-electron chi connectivity index (χ2n) is 12.8. The number of Topliss-reactive ketones (excluding diaryl/α,β-unsaturated/α-hetero) is 1. The molecule has 1 spiro atoms. The van der Waals surface area contributed by atoms with Crippen molar-refractivity contribution in [3.8, 4) is 0 Å². The van der Waals surface area contributed by atoms with Crippen LogP contribution in [0.15, 0.2) is 0 Å². The number of anilines is 1. The molecular weight excluding hydrogens is 436 g/mol. The van der Waals surface area contributed by atoms with Crippen molar-refractivity contribution in [2.24, 2.45) is 11.3 Å². The Morgan fingerprint density at radius 2 is 1.66 bits per heavy atom. The lowest BCUT2D eigenvalue weighted by Gasteiger charge is -2.39. The van der Waals surface area contributed by atoms with Gasteiger partial charge >= 0.3 is 0 Å². The van der Waals surface area contributed by atoms with Crippen LogP contribution >= 0.6 is 0 Å². The molecule has 0 bridgehead atoms. The number of rotatable bonds is 5. The minimum atomic E-state index is 0.00771. The van der Waals surface area contributed by atoms with Gasteiger partial charge in [0.1, 0.15) is 5.69 Å². The van der Waals surface area contributed by atoms with Crippen molar-refractivity contribution < 1.29 is 9.59 Å². The van der Waals surface area contributed by atoms with Crippen molar-refractivity contribution in [2.75, 3.05) is 25.0 Å². The maximum absolute atomic E-state index is 13.2. The lowest BCUT2D eigenvalue weighted by molar-refractivity contribution is -0.118. The van der Waals surface area contributed by atoms with Crippen molar-refractivity contribution >= 4 is 17.4 Å². The molecule has 35 heavy (non-hydrogen) atoms. The lowest BCUT2D eigenvalue weighted by atomic mass is 9.78. The number of fused-ring (bicyclic) bond motifs is 1. The maximum Gasteiger partial charge on any atom is 0.238 e. The molecule has 4 aliphatic rings. The molecule has 2 aliphatic carbocycles. The molecule has 0 aromatic carbocycles. The second-order valence-corrected chi connectivity index (χ2v) is 12.8. The van der Waals surface area contributed by atoms with Crippen LogP contribution in [0.4, 0.5) is 5.69 Å². The van der Waals surface area contributed by atoms with Gasteiger partial charge in [-0.1, -0.05) is 58.8 Å². The van der Waals surface area contributed by atoms with Crippen LogP contribution in [0, 0.1) is 11.3 Å². The number of nitrogens with one attached hydrogen (secondary N) is 3. The highest BCUT2D eigenvalue weighted by Crippen LogP contribution is 2.40. The average molecular weight is 483 g/mol. The van der Waals surface area contributed by atoms with Crippen molar-refractivity contribution in [2.45, 2.75) is 116 Å². The van der Waals surface area contributed by atoms with E-state index in [0.29, 0.717) is 12.2 Å². The predicted octanol–water partition coefficient (Wildman–Crippen LogP) is 5.58. The Morgan fingerprint density at radius 1 is 0.971 bits per heavy atom. The molecule has 0 unspecified atom stereocenters. The number of H-pyrrole nitrogens is 1. The van der Waals surface area contributed by atoms with Gasteiger partial charge in [-0.25, -0.2) is 0 Å². The van der Waals surface area contributed by atoms with Crippen molar-refractivity contribution in [1.29, 1.82) is 0 Å². The van der Waals surface area contributed by atoms with E-state index < -0.39 is 0 Å². The summed E-state index contributed by atoms with van der Waals surface area (Å²) in [5.41, 5.74) is 4.09. The standard InChI is InChI=1S/C29H46N4O2/c1-28(2)13-10-16-33(20-28)19-24(34)32-25-22-18-30-29(14-8-6-4-3-5-7-9-15-29)17-23(22)31-26(25)27(35)21-11-12-21/h21,30-31H,3-20H2,1-2H3,(H,32,34). The normalized spacial score (nSPS) is 25.1. The minimum Gasteiger partial charge on any atom is -0.354 e. The van der Waals surface area contributed by atoms with Gasteiger partial charge in [0, 0.05) is 42.2 Å². The summed E-state index contributed by atoms with van der Waals surface area (Å²) in [4.78, 5) is 32.3. The molecule has 3 N–H and O–H groups in total. The summed E-state index contributed by atoms with van der Waals surface area (Å²) in [7, 11) is 0. The number of ketones is 1. The zero-order valence-corrected chi connectivity index (χ0v) is 22.1. The molecule has 194 valence electrons. The van der Waals surface area contributed by atoms with Gasteiger partial charge in [-0.05, 0) is 50.5 Å². The van der Waals surface area contributed by atoms with Gasteiger partial charge in [0.15, 0.2) is 5.78 Å². The quantitative estimate of drug-likeness (QED) is 0.479. The fourth-order valence-corrected chi connectivity index (χ4v) is 6.84. The number of carbonyl (C=O) groups is 2. The lowest BCUT2D eigenvalue weighted by Crippen LogP contribution is -2.50. The van der Waals surface area contributed by atoms with E-state index in [1.807, 2.05) is 0 Å². The van der Waals surface area contributed by atoms with Gasteiger partial charge in [-0.15, -0.1) is 0 Å². The first kappa shape index (κ1) is 25.0. The smallest absolute Gasteiger partial charge is 0.238 e. The van der Waals surface area contributed by atoms with Crippen molar-refractivity contribution in [3.05, 3.63) is 17.0 Å². The summed E-state index contributed by atoms with van der Waals surface area (Å²) in [5, 5.41) is 7.13. The molecule has 2 aliphatic heterocycles. The van der Waals surface area contributed by atoms with E-state index in [1.54, 1.807) is 0 Å². The summed E-state index contributed by atoms with van der Waals surface area (Å²) in [6.45, 7) is 7.62. The number of hydrogen-bond acceptors (Lipinski definition) is 4. The zero-order chi connectivity index (χ0) is 24.5. The summed E-state index contributed by atoms with van der Waals surface area (Å²) in [5.74, 6) is 0.325. The monoisotopic (exact) mass is 482 g/mol. The van der Waals surface area contributed by atoms with Crippen LogP contribution in [0.5, 0.6) is 0 Å². The number of piperidine rings is 1. The van der Waals surface area contributed by atoms with Crippen LogP contribution < -0.4 is 10.6 Å². The second kappa shape index (κ2) is 10.4. The van der Waals surface area contributed by atoms with E-state index in [-0.39, 0.29) is 28.6 Å². The summed E-state index contributed by atoms with van der Waals surface area (Å²) in [6, 6.07) is 0. The third-order valence-corrected chi connectivity index (χ3v) is 8.96. The Hall–Kier alpha value is -1.66. The van der Waals surface area contributed by atoms with Gasteiger partial charge in [0.05, 0.1) is 12.2 Å². The first-order valence-corrected chi connectivity index (χ1v) is 14.4. The summed E-state index contributed by atoms with van der Waals surface area (Å²) >= 11 is 0. The third-order valence-electron chi connectivity index (χ3n) is 8.96. The molecule has 1 amide bonds. The Morgan fingerprint density at radius 3 is 2.31 bits per heavy atom. The van der Waals surface area contributed by atoms with E-state index in [9.17, 15) is 9.59 Å². The van der Waals surface area contributed by atoms with Crippen LogP contribution in [0.2, 0.25) is 0 Å². The van der Waals surface area contributed by atoms with Gasteiger partial charge in [-0.3, -0.25) is 14.5 Å². The molecule has 0 atom stereocenters. The SMILES string of the molecule is CC1(C)CCCN(CC(=O)Nc2c(C(=O)C3CC3)[nH]c3c2CNC2(CCCCCCCCC2)C3)C1. The number of aromatic nitrogens is 1. The van der Waals surface area contributed by atoms with E-state index in [2.05, 4.69) is 34.4 Å². The highest BCUT2D eigenvalue weighted by molar-refractivity contribution is 6.07. The molecule has 3 heterocycles. The van der Waals surface area contributed by atoms with Crippen molar-refractivity contribution in [1.82, 2.24) is 15.2 Å². The number of amides is 1. The largest absolute Gasteiger partial charge is 0.354 e. The molecule has 3 fully saturated rings. The predicted molar refractivity (Wildman–Crippen MR) is 141 cm³/mol. The van der Waals surface area contributed by atoms with Crippen LogP contribution in [0.3, 0.4) is 0 Å².